The number of carboxylic acids is 1. The highest BCUT2D eigenvalue weighted by Gasteiger charge is 1.96. The summed E-state index contributed by atoms with van der Waals surface area (Å²) >= 11 is 0. The zero-order valence-electron chi connectivity index (χ0n) is 11.3. The van der Waals surface area contributed by atoms with E-state index in [0.717, 1.165) is 25.3 Å². The van der Waals surface area contributed by atoms with Crippen LogP contribution < -0.4 is 5.73 Å². The molecule has 0 saturated heterocycles. The zero-order valence-corrected chi connectivity index (χ0v) is 11.3. The number of carbonyl (C=O) groups is 2. The highest BCUT2D eigenvalue weighted by Crippen LogP contribution is 1.96. The van der Waals surface area contributed by atoms with Crippen LogP contribution in [0.1, 0.15) is 33.1 Å². The number of rotatable bonds is 7. The highest BCUT2D eigenvalue weighted by molar-refractivity contribution is 5.80. The summed E-state index contributed by atoms with van der Waals surface area (Å²) in [5.74, 6) is 0.493. The molecule has 0 aromatic heterocycles. The van der Waals surface area contributed by atoms with Crippen molar-refractivity contribution >= 4 is 17.8 Å². The normalized spacial score (nSPS) is 10.1. The number of aliphatic carboxylic acids is 1. The Kier molecular flexibility index (Phi) is 14.1. The van der Waals surface area contributed by atoms with Crippen molar-refractivity contribution in [2.24, 2.45) is 11.7 Å². The molecule has 0 bridgehead atoms. The molecule has 0 aliphatic heterocycles. The van der Waals surface area contributed by atoms with Gasteiger partial charge in [-0.15, -0.1) is 0 Å². The predicted octanol–water partition coefficient (Wildman–Crippen LogP) is 1.87. The number of primary amides is 1. The van der Waals surface area contributed by atoms with Crippen molar-refractivity contribution in [3.05, 3.63) is 30.4 Å². The van der Waals surface area contributed by atoms with Gasteiger partial charge in [-0.05, 0) is 25.3 Å². The lowest BCUT2D eigenvalue weighted by atomic mass is 10.2. The summed E-state index contributed by atoms with van der Waals surface area (Å²) in [6.45, 7) is 3.53. The number of carboxylic acid groups (broad SMARTS) is 1. The third kappa shape index (κ3) is 21.7. The number of hydrogen-bond donors (Lipinski definition) is 2. The molecule has 5 nitrogen and oxygen atoms in total. The second kappa shape index (κ2) is 13.9. The van der Waals surface area contributed by atoms with E-state index in [1.54, 1.807) is 25.9 Å². The van der Waals surface area contributed by atoms with Crippen molar-refractivity contribution in [2.75, 3.05) is 0 Å². The van der Waals surface area contributed by atoms with E-state index in [0.29, 0.717) is 0 Å². The fourth-order valence-corrected chi connectivity index (χ4v) is 0.709. The molecule has 0 saturated carbocycles. The number of carbonyl (C=O) groups excluding carboxylic acids is 2. The molecule has 0 aliphatic rings. The summed E-state index contributed by atoms with van der Waals surface area (Å²) in [6.07, 6.45) is 9.96. The van der Waals surface area contributed by atoms with Crippen molar-refractivity contribution in [1.82, 2.24) is 0 Å². The van der Waals surface area contributed by atoms with Crippen LogP contribution in [0.5, 0.6) is 0 Å². The minimum atomic E-state index is -0.950. The van der Waals surface area contributed by atoms with E-state index in [1.807, 2.05) is 6.08 Å². The first-order valence-corrected chi connectivity index (χ1v) is 5.96. The summed E-state index contributed by atoms with van der Waals surface area (Å²) in [4.78, 5) is 29.7. The summed E-state index contributed by atoms with van der Waals surface area (Å²) in [5, 5.41) is 8.22. The Morgan fingerprint density at radius 1 is 1.26 bits per heavy atom. The van der Waals surface area contributed by atoms with Gasteiger partial charge in [0.25, 0.3) is 0 Å². The van der Waals surface area contributed by atoms with E-state index < -0.39 is 5.97 Å². The van der Waals surface area contributed by atoms with Crippen molar-refractivity contribution in [1.29, 1.82) is 0 Å². The van der Waals surface area contributed by atoms with Gasteiger partial charge in [-0.3, -0.25) is 4.79 Å². The average Bonchev–Trinajstić information content (AvgIpc) is 2.33. The molecule has 0 unspecified atom stereocenters. The lowest BCUT2D eigenvalue weighted by Crippen LogP contribution is -2.17. The molecule has 0 atom stereocenters. The van der Waals surface area contributed by atoms with Gasteiger partial charge >= 0.3 is 5.97 Å². The van der Waals surface area contributed by atoms with Crippen LogP contribution in [0.3, 0.4) is 0 Å². The van der Waals surface area contributed by atoms with Crippen LogP contribution in [-0.2, 0) is 14.4 Å². The molecule has 1 amide bonds. The van der Waals surface area contributed by atoms with Gasteiger partial charge < -0.3 is 10.8 Å². The largest absolute Gasteiger partial charge is 0.478 e. The van der Waals surface area contributed by atoms with Crippen LogP contribution in [-0.4, -0.2) is 22.9 Å². The summed E-state index contributed by atoms with van der Waals surface area (Å²) in [6, 6.07) is 0. The minimum absolute atomic E-state index is 0.00926. The van der Waals surface area contributed by atoms with Gasteiger partial charge in [0.15, 0.2) is 0 Å². The first kappa shape index (κ1) is 19.2. The molecule has 106 valence electrons. The van der Waals surface area contributed by atoms with Crippen LogP contribution in [0.25, 0.3) is 0 Å². The third-order valence-electron chi connectivity index (χ3n) is 1.86. The molecule has 0 aromatic rings. The molecule has 0 radical (unpaired) electrons. The van der Waals surface area contributed by atoms with Gasteiger partial charge in [0.05, 0.1) is 0 Å². The van der Waals surface area contributed by atoms with Crippen LogP contribution in [0.2, 0.25) is 0 Å². The van der Waals surface area contributed by atoms with Gasteiger partial charge in [-0.25, -0.2) is 9.59 Å². The molecular formula is C14H21NO4. The lowest BCUT2D eigenvalue weighted by molar-refractivity contribution is -0.131. The Morgan fingerprint density at radius 3 is 2.26 bits per heavy atom. The first-order valence-electron chi connectivity index (χ1n) is 5.96. The average molecular weight is 267 g/mol. The monoisotopic (exact) mass is 267 g/mol. The SMILES string of the molecule is CC(C)C(N)=O.O=C=CCCCC=CC=CC(=O)O. The Hall–Kier alpha value is -2.13. The number of amides is 1. The predicted molar refractivity (Wildman–Crippen MR) is 74.1 cm³/mol. The maximum absolute atomic E-state index is 10.0. The fourth-order valence-electron chi connectivity index (χ4n) is 0.709. The Bertz CT molecular complexity index is 364. The second-order valence-electron chi connectivity index (χ2n) is 3.94. The fraction of sp³-hybridized carbons (Fsp3) is 0.429. The van der Waals surface area contributed by atoms with Crippen molar-refractivity contribution in [3.8, 4) is 0 Å². The number of nitrogens with two attached hydrogens (primary N) is 1. The molecular weight excluding hydrogens is 246 g/mol. The van der Waals surface area contributed by atoms with E-state index in [9.17, 15) is 14.4 Å². The smallest absolute Gasteiger partial charge is 0.328 e. The van der Waals surface area contributed by atoms with E-state index in [-0.39, 0.29) is 11.8 Å². The molecule has 0 rings (SSSR count). The summed E-state index contributed by atoms with van der Waals surface area (Å²) in [7, 11) is 0. The quantitative estimate of drug-likeness (QED) is 0.318. The van der Waals surface area contributed by atoms with Gasteiger partial charge in [0.2, 0.25) is 5.91 Å². The first-order chi connectivity index (χ1) is 8.91. The Balaban J connectivity index is 0. The van der Waals surface area contributed by atoms with Crippen molar-refractivity contribution in [2.45, 2.75) is 33.1 Å². The standard InChI is InChI=1S/C10H12O3.C4H9NO/c11-9-7-5-3-1-2-4-6-8-10(12)13;1-3(2)4(5)6/h2,4,6-8H,1,3,5H2,(H,12,13);3H,1-2H3,(H2,5,6). The Morgan fingerprint density at radius 2 is 1.84 bits per heavy atom. The lowest BCUT2D eigenvalue weighted by Gasteiger charge is -1.90. The third-order valence-corrected chi connectivity index (χ3v) is 1.86. The maximum atomic E-state index is 10.0. The highest BCUT2D eigenvalue weighted by atomic mass is 16.4. The number of hydrogen-bond acceptors (Lipinski definition) is 3. The maximum Gasteiger partial charge on any atom is 0.328 e. The Labute approximate surface area is 113 Å². The van der Waals surface area contributed by atoms with Gasteiger partial charge in [-0.1, -0.05) is 32.1 Å². The van der Waals surface area contributed by atoms with Crippen LogP contribution in [0.15, 0.2) is 30.4 Å². The van der Waals surface area contributed by atoms with Crippen molar-refractivity contribution < 1.29 is 19.5 Å². The van der Waals surface area contributed by atoms with Gasteiger partial charge in [-0.2, -0.15) is 0 Å². The summed E-state index contributed by atoms with van der Waals surface area (Å²) < 4.78 is 0. The molecule has 0 aromatic carbocycles. The number of unbranched alkanes of at least 4 members (excludes halogenated alkanes) is 2. The zero-order chi connectivity index (χ0) is 15.1. The topological polar surface area (TPSA) is 97.5 Å². The van der Waals surface area contributed by atoms with Crippen LogP contribution in [0, 0.1) is 5.92 Å². The molecule has 5 heteroatoms. The van der Waals surface area contributed by atoms with Gasteiger partial charge in [0.1, 0.15) is 5.94 Å². The van der Waals surface area contributed by atoms with E-state index in [4.69, 9.17) is 10.8 Å². The molecule has 0 aliphatic carbocycles. The van der Waals surface area contributed by atoms with Crippen molar-refractivity contribution in [3.63, 3.8) is 0 Å². The second-order valence-corrected chi connectivity index (χ2v) is 3.94. The number of allylic oxidation sites excluding steroid dienone is 4. The van der Waals surface area contributed by atoms with Crippen LogP contribution in [0.4, 0.5) is 0 Å². The van der Waals surface area contributed by atoms with Gasteiger partial charge in [0, 0.05) is 12.0 Å². The molecule has 19 heavy (non-hydrogen) atoms. The molecule has 0 heterocycles. The molecule has 0 spiro atoms. The molecule has 0 fully saturated rings. The minimum Gasteiger partial charge on any atom is -0.478 e. The van der Waals surface area contributed by atoms with Crippen LogP contribution >= 0.6 is 0 Å². The van der Waals surface area contributed by atoms with E-state index >= 15 is 0 Å². The molecule has 3 N–H and O–H groups in total. The summed E-state index contributed by atoms with van der Waals surface area (Å²) in [5.41, 5.74) is 4.80. The van der Waals surface area contributed by atoms with E-state index in [2.05, 4.69) is 0 Å². The van der Waals surface area contributed by atoms with E-state index in [1.165, 1.54) is 12.2 Å².